The Morgan fingerprint density at radius 3 is 2.96 bits per heavy atom. The number of imidazole rings is 1. The van der Waals surface area contributed by atoms with E-state index in [2.05, 4.69) is 15.3 Å². The monoisotopic (exact) mass is 313 g/mol. The van der Waals surface area contributed by atoms with Crippen molar-refractivity contribution in [2.75, 3.05) is 13.7 Å². The Morgan fingerprint density at radius 1 is 1.30 bits per heavy atom. The van der Waals surface area contributed by atoms with E-state index in [9.17, 15) is 9.18 Å². The Hall–Kier alpha value is -2.89. The van der Waals surface area contributed by atoms with Crippen LogP contribution in [0.2, 0.25) is 0 Å². The number of benzene rings is 2. The molecule has 0 saturated carbocycles. The maximum atomic E-state index is 13.1. The summed E-state index contributed by atoms with van der Waals surface area (Å²) in [7, 11) is 1.53. The van der Waals surface area contributed by atoms with E-state index in [4.69, 9.17) is 4.74 Å². The minimum absolute atomic E-state index is 0.204. The maximum Gasteiger partial charge on any atom is 0.255 e. The molecule has 0 aliphatic carbocycles. The van der Waals surface area contributed by atoms with Crippen LogP contribution in [0.4, 0.5) is 4.39 Å². The topological polar surface area (TPSA) is 67.0 Å². The van der Waals surface area contributed by atoms with Gasteiger partial charge in [-0.2, -0.15) is 0 Å². The van der Waals surface area contributed by atoms with E-state index in [0.29, 0.717) is 41.1 Å². The molecule has 5 nitrogen and oxygen atoms in total. The summed E-state index contributed by atoms with van der Waals surface area (Å²) in [5.74, 6) is 0.719. The highest BCUT2D eigenvalue weighted by Crippen LogP contribution is 2.17. The number of nitrogens with zero attached hydrogens (tertiary/aromatic N) is 1. The van der Waals surface area contributed by atoms with Gasteiger partial charge in [-0.15, -0.1) is 0 Å². The molecule has 6 heteroatoms. The lowest BCUT2D eigenvalue weighted by molar-refractivity contribution is 0.0951. The predicted octanol–water partition coefficient (Wildman–Crippen LogP) is 2.68. The molecule has 0 bridgehead atoms. The SMILES string of the molecule is COc1ccccc1C(=O)NCCc1nc2ccc(F)cc2[nH]1. The lowest BCUT2D eigenvalue weighted by atomic mass is 10.2. The first-order valence-corrected chi connectivity index (χ1v) is 7.23. The fourth-order valence-electron chi connectivity index (χ4n) is 2.37. The number of fused-ring (bicyclic) bond motifs is 1. The van der Waals surface area contributed by atoms with Gasteiger partial charge in [-0.05, 0) is 30.3 Å². The zero-order valence-electron chi connectivity index (χ0n) is 12.6. The number of rotatable bonds is 5. The minimum atomic E-state index is -0.308. The number of carbonyl (C=O) groups is 1. The van der Waals surface area contributed by atoms with Gasteiger partial charge in [0.15, 0.2) is 0 Å². The summed E-state index contributed by atoms with van der Waals surface area (Å²) in [6.07, 6.45) is 0.525. The number of hydrogen-bond donors (Lipinski definition) is 2. The van der Waals surface area contributed by atoms with Crippen LogP contribution in [0.3, 0.4) is 0 Å². The van der Waals surface area contributed by atoms with Crippen molar-refractivity contribution < 1.29 is 13.9 Å². The van der Waals surface area contributed by atoms with Crippen molar-refractivity contribution in [3.8, 4) is 5.75 Å². The summed E-state index contributed by atoms with van der Waals surface area (Å²) >= 11 is 0. The number of aromatic nitrogens is 2. The fourth-order valence-corrected chi connectivity index (χ4v) is 2.37. The van der Waals surface area contributed by atoms with E-state index in [0.717, 1.165) is 0 Å². The van der Waals surface area contributed by atoms with Crippen LogP contribution in [0.1, 0.15) is 16.2 Å². The molecule has 118 valence electrons. The maximum absolute atomic E-state index is 13.1. The van der Waals surface area contributed by atoms with Crippen molar-refractivity contribution in [2.45, 2.75) is 6.42 Å². The molecule has 0 unspecified atom stereocenters. The first kappa shape index (κ1) is 15.0. The Balaban J connectivity index is 1.63. The second kappa shape index (κ2) is 6.48. The highest BCUT2D eigenvalue weighted by atomic mass is 19.1. The number of hydrogen-bond acceptors (Lipinski definition) is 3. The van der Waals surface area contributed by atoms with E-state index in [1.54, 1.807) is 24.3 Å². The third-order valence-corrected chi connectivity index (χ3v) is 3.49. The lowest BCUT2D eigenvalue weighted by Gasteiger charge is -2.08. The normalized spacial score (nSPS) is 10.7. The largest absolute Gasteiger partial charge is 0.496 e. The van der Waals surface area contributed by atoms with Crippen LogP contribution in [-0.4, -0.2) is 29.5 Å². The molecule has 0 fully saturated rings. The van der Waals surface area contributed by atoms with Gasteiger partial charge in [-0.1, -0.05) is 12.1 Å². The third kappa shape index (κ3) is 3.31. The van der Waals surface area contributed by atoms with Gasteiger partial charge in [0.1, 0.15) is 17.4 Å². The Morgan fingerprint density at radius 2 is 2.13 bits per heavy atom. The number of ether oxygens (including phenoxy) is 1. The molecule has 0 atom stereocenters. The highest BCUT2D eigenvalue weighted by molar-refractivity contribution is 5.96. The second-order valence-electron chi connectivity index (χ2n) is 5.05. The molecule has 2 aromatic carbocycles. The van der Waals surface area contributed by atoms with Crippen LogP contribution < -0.4 is 10.1 Å². The number of methoxy groups -OCH3 is 1. The van der Waals surface area contributed by atoms with E-state index in [-0.39, 0.29) is 11.7 Å². The van der Waals surface area contributed by atoms with E-state index < -0.39 is 0 Å². The summed E-state index contributed by atoms with van der Waals surface area (Å²) in [4.78, 5) is 19.6. The van der Waals surface area contributed by atoms with Gasteiger partial charge in [0.25, 0.3) is 5.91 Å². The molecule has 0 aliphatic heterocycles. The standard InChI is InChI=1S/C17H16FN3O2/c1-23-15-5-3-2-4-12(15)17(22)19-9-8-16-20-13-7-6-11(18)10-14(13)21-16/h2-7,10H,8-9H2,1H3,(H,19,22)(H,20,21). The second-order valence-corrected chi connectivity index (χ2v) is 5.05. The van der Waals surface area contributed by atoms with E-state index >= 15 is 0 Å². The Kier molecular flexibility index (Phi) is 4.23. The van der Waals surface area contributed by atoms with Crippen LogP contribution in [0.5, 0.6) is 5.75 Å². The molecule has 3 aromatic rings. The van der Waals surface area contributed by atoms with Gasteiger partial charge in [0.2, 0.25) is 0 Å². The number of H-pyrrole nitrogens is 1. The molecule has 0 aliphatic rings. The lowest BCUT2D eigenvalue weighted by Crippen LogP contribution is -2.26. The zero-order chi connectivity index (χ0) is 16.2. The predicted molar refractivity (Wildman–Crippen MR) is 85.1 cm³/mol. The summed E-state index contributed by atoms with van der Waals surface area (Å²) in [6, 6.07) is 11.4. The van der Waals surface area contributed by atoms with Crippen LogP contribution >= 0.6 is 0 Å². The van der Waals surface area contributed by atoms with Crippen LogP contribution in [0, 0.1) is 5.82 Å². The van der Waals surface area contributed by atoms with Gasteiger partial charge >= 0.3 is 0 Å². The highest BCUT2D eigenvalue weighted by Gasteiger charge is 2.11. The van der Waals surface area contributed by atoms with E-state index in [1.807, 2.05) is 6.07 Å². The minimum Gasteiger partial charge on any atom is -0.496 e. The molecule has 1 heterocycles. The molecule has 1 amide bonds. The van der Waals surface area contributed by atoms with Crippen molar-refractivity contribution in [3.05, 3.63) is 59.7 Å². The van der Waals surface area contributed by atoms with Crippen LogP contribution in [0.15, 0.2) is 42.5 Å². The van der Waals surface area contributed by atoms with Crippen molar-refractivity contribution in [3.63, 3.8) is 0 Å². The molecular weight excluding hydrogens is 297 g/mol. The number of para-hydroxylation sites is 1. The van der Waals surface area contributed by atoms with Gasteiger partial charge in [-0.25, -0.2) is 9.37 Å². The molecule has 2 N–H and O–H groups in total. The average molecular weight is 313 g/mol. The first-order valence-electron chi connectivity index (χ1n) is 7.23. The molecule has 1 aromatic heterocycles. The Labute approximate surface area is 132 Å². The van der Waals surface area contributed by atoms with Crippen molar-refractivity contribution in [1.29, 1.82) is 0 Å². The smallest absolute Gasteiger partial charge is 0.255 e. The molecule has 23 heavy (non-hydrogen) atoms. The summed E-state index contributed by atoms with van der Waals surface area (Å²) in [5.41, 5.74) is 1.84. The number of aromatic amines is 1. The summed E-state index contributed by atoms with van der Waals surface area (Å²) < 4.78 is 18.3. The molecule has 0 radical (unpaired) electrons. The number of amides is 1. The van der Waals surface area contributed by atoms with Crippen molar-refractivity contribution in [1.82, 2.24) is 15.3 Å². The quantitative estimate of drug-likeness (QED) is 0.761. The number of halogens is 1. The van der Waals surface area contributed by atoms with Gasteiger partial charge in [0.05, 0.1) is 23.7 Å². The molecular formula is C17H16FN3O2. The van der Waals surface area contributed by atoms with Gasteiger partial charge in [0, 0.05) is 13.0 Å². The molecule has 0 spiro atoms. The van der Waals surface area contributed by atoms with Gasteiger partial charge in [-0.3, -0.25) is 4.79 Å². The van der Waals surface area contributed by atoms with Crippen molar-refractivity contribution in [2.24, 2.45) is 0 Å². The Bertz CT molecular complexity index is 845. The van der Waals surface area contributed by atoms with Crippen molar-refractivity contribution >= 4 is 16.9 Å². The average Bonchev–Trinajstić information content (AvgIpc) is 2.96. The molecule has 3 rings (SSSR count). The molecule has 0 saturated heterocycles. The van der Waals surface area contributed by atoms with Crippen LogP contribution in [-0.2, 0) is 6.42 Å². The first-order chi connectivity index (χ1) is 11.2. The fraction of sp³-hybridized carbons (Fsp3) is 0.176. The van der Waals surface area contributed by atoms with E-state index in [1.165, 1.54) is 19.2 Å². The third-order valence-electron chi connectivity index (χ3n) is 3.49. The zero-order valence-corrected chi connectivity index (χ0v) is 12.6. The summed E-state index contributed by atoms with van der Waals surface area (Å²) in [5, 5.41) is 2.82. The summed E-state index contributed by atoms with van der Waals surface area (Å²) in [6.45, 7) is 0.416. The number of nitrogens with one attached hydrogen (secondary N) is 2. The number of carbonyl (C=O) groups excluding carboxylic acids is 1. The van der Waals surface area contributed by atoms with Gasteiger partial charge < -0.3 is 15.0 Å². The van der Waals surface area contributed by atoms with Crippen LogP contribution in [0.25, 0.3) is 11.0 Å².